The van der Waals surface area contributed by atoms with E-state index in [1.807, 2.05) is 0 Å². The molecule has 7 heteroatoms. The van der Waals surface area contributed by atoms with Crippen LogP contribution in [0.25, 0.3) is 0 Å². The second-order valence-electron chi connectivity index (χ2n) is 3.91. The van der Waals surface area contributed by atoms with Crippen LogP contribution >= 0.6 is 15.9 Å². The van der Waals surface area contributed by atoms with E-state index in [1.165, 1.54) is 12.1 Å². The van der Waals surface area contributed by atoms with Crippen molar-refractivity contribution in [3.8, 4) is 6.07 Å². The number of benzene rings is 1. The molecule has 0 spiro atoms. The maximum absolute atomic E-state index is 12.7. The number of hydrogen-bond donors (Lipinski definition) is 1. The fourth-order valence-corrected chi connectivity index (χ4v) is 1.58. The summed E-state index contributed by atoms with van der Waals surface area (Å²) in [6, 6.07) is 4.55. The Labute approximate surface area is 116 Å². The van der Waals surface area contributed by atoms with E-state index < -0.39 is 23.2 Å². The molecule has 0 aromatic heterocycles. The number of halogens is 4. The minimum absolute atomic E-state index is 0.0177. The van der Waals surface area contributed by atoms with Gasteiger partial charge in [0, 0.05) is 16.9 Å². The van der Waals surface area contributed by atoms with E-state index in [-0.39, 0.29) is 11.6 Å². The van der Waals surface area contributed by atoms with Crippen molar-refractivity contribution < 1.29 is 18.0 Å². The molecule has 1 unspecified atom stereocenters. The SMILES string of the molecule is CC(CBr)C(=O)Nc1ccc(C#N)c(C(F)(F)F)c1. The predicted molar refractivity (Wildman–Crippen MR) is 67.7 cm³/mol. The third-order valence-electron chi connectivity index (χ3n) is 2.39. The highest BCUT2D eigenvalue weighted by molar-refractivity contribution is 9.09. The number of rotatable bonds is 3. The smallest absolute Gasteiger partial charge is 0.326 e. The molecule has 1 aromatic carbocycles. The summed E-state index contributed by atoms with van der Waals surface area (Å²) in [5.74, 6) is -0.764. The third kappa shape index (κ3) is 3.96. The summed E-state index contributed by atoms with van der Waals surface area (Å²) in [7, 11) is 0. The Bertz CT molecular complexity index is 523. The quantitative estimate of drug-likeness (QED) is 0.859. The van der Waals surface area contributed by atoms with Gasteiger partial charge in [-0.2, -0.15) is 18.4 Å². The molecule has 1 N–H and O–H groups in total. The molecule has 0 saturated heterocycles. The Morgan fingerprint density at radius 3 is 2.63 bits per heavy atom. The number of nitrogens with one attached hydrogen (secondary N) is 1. The minimum Gasteiger partial charge on any atom is -0.326 e. The van der Waals surface area contributed by atoms with Crippen molar-refractivity contribution in [2.45, 2.75) is 13.1 Å². The summed E-state index contributed by atoms with van der Waals surface area (Å²) in [5.41, 5.74) is -1.51. The van der Waals surface area contributed by atoms with Gasteiger partial charge in [0.25, 0.3) is 0 Å². The van der Waals surface area contributed by atoms with E-state index in [0.29, 0.717) is 5.33 Å². The molecule has 1 rings (SSSR count). The molecular formula is C12H10BrF3N2O. The second kappa shape index (κ2) is 6.06. The van der Waals surface area contributed by atoms with Gasteiger partial charge in [-0.3, -0.25) is 4.79 Å². The van der Waals surface area contributed by atoms with Gasteiger partial charge in [-0.15, -0.1) is 0 Å². The summed E-state index contributed by atoms with van der Waals surface area (Å²) >= 11 is 3.11. The molecule has 1 aromatic rings. The topological polar surface area (TPSA) is 52.9 Å². The van der Waals surface area contributed by atoms with Gasteiger partial charge >= 0.3 is 6.18 Å². The van der Waals surface area contributed by atoms with Crippen LogP contribution in [0.1, 0.15) is 18.1 Å². The van der Waals surface area contributed by atoms with Crippen LogP contribution in [0, 0.1) is 17.2 Å². The molecule has 0 aliphatic carbocycles. The number of nitrogens with zero attached hydrogens (tertiary/aromatic N) is 1. The van der Waals surface area contributed by atoms with Crippen LogP contribution < -0.4 is 5.32 Å². The van der Waals surface area contributed by atoms with Crippen LogP contribution in [0.2, 0.25) is 0 Å². The van der Waals surface area contributed by atoms with Crippen molar-refractivity contribution in [1.29, 1.82) is 5.26 Å². The van der Waals surface area contributed by atoms with Crippen LogP contribution in [-0.2, 0) is 11.0 Å². The van der Waals surface area contributed by atoms with E-state index in [0.717, 1.165) is 12.1 Å². The van der Waals surface area contributed by atoms with Gasteiger partial charge in [0.1, 0.15) is 0 Å². The normalized spacial score (nSPS) is 12.6. The number of carbonyl (C=O) groups is 1. The van der Waals surface area contributed by atoms with Gasteiger partial charge in [-0.05, 0) is 18.2 Å². The molecule has 0 aliphatic rings. The number of nitriles is 1. The molecule has 0 aliphatic heterocycles. The predicted octanol–water partition coefficient (Wildman–Crippen LogP) is 3.55. The Morgan fingerprint density at radius 2 is 2.16 bits per heavy atom. The first kappa shape index (κ1) is 15.5. The second-order valence-corrected chi connectivity index (χ2v) is 4.56. The molecule has 102 valence electrons. The summed E-state index contributed by atoms with van der Waals surface area (Å²) in [6.07, 6.45) is -4.63. The summed E-state index contributed by atoms with van der Waals surface area (Å²) in [4.78, 5) is 11.6. The van der Waals surface area contributed by atoms with Crippen LogP contribution in [0.15, 0.2) is 18.2 Å². The maximum atomic E-state index is 12.7. The van der Waals surface area contributed by atoms with Gasteiger partial charge < -0.3 is 5.32 Å². The first-order valence-electron chi connectivity index (χ1n) is 5.27. The molecular weight excluding hydrogens is 325 g/mol. The lowest BCUT2D eigenvalue weighted by Crippen LogP contribution is -2.21. The average Bonchev–Trinajstić information content (AvgIpc) is 2.36. The monoisotopic (exact) mass is 334 g/mol. The van der Waals surface area contributed by atoms with Crippen molar-refractivity contribution in [2.24, 2.45) is 5.92 Å². The lowest BCUT2D eigenvalue weighted by molar-refractivity contribution is -0.137. The first-order valence-corrected chi connectivity index (χ1v) is 6.40. The fourth-order valence-electron chi connectivity index (χ4n) is 1.29. The average molecular weight is 335 g/mol. The number of carbonyl (C=O) groups excluding carboxylic acids is 1. The lowest BCUT2D eigenvalue weighted by Gasteiger charge is -2.13. The molecule has 1 atom stereocenters. The summed E-state index contributed by atoms with van der Waals surface area (Å²) in [5, 5.41) is 11.4. The summed E-state index contributed by atoms with van der Waals surface area (Å²) in [6.45, 7) is 1.64. The van der Waals surface area contributed by atoms with E-state index in [1.54, 1.807) is 6.92 Å². The van der Waals surface area contributed by atoms with Crippen molar-refractivity contribution in [3.05, 3.63) is 29.3 Å². The highest BCUT2D eigenvalue weighted by Gasteiger charge is 2.34. The fraction of sp³-hybridized carbons (Fsp3) is 0.333. The van der Waals surface area contributed by atoms with Crippen LogP contribution in [0.3, 0.4) is 0 Å². The van der Waals surface area contributed by atoms with Gasteiger partial charge in [-0.1, -0.05) is 22.9 Å². The largest absolute Gasteiger partial charge is 0.417 e. The maximum Gasteiger partial charge on any atom is 0.417 e. The Kier molecular flexibility index (Phi) is 4.95. The number of alkyl halides is 4. The van der Waals surface area contributed by atoms with Crippen molar-refractivity contribution in [3.63, 3.8) is 0 Å². The number of amides is 1. The highest BCUT2D eigenvalue weighted by Crippen LogP contribution is 2.33. The van der Waals surface area contributed by atoms with E-state index in [4.69, 9.17) is 5.26 Å². The lowest BCUT2D eigenvalue weighted by atomic mass is 10.1. The van der Waals surface area contributed by atoms with Gasteiger partial charge in [-0.25, -0.2) is 0 Å². The summed E-state index contributed by atoms with van der Waals surface area (Å²) < 4.78 is 38.1. The van der Waals surface area contributed by atoms with Gasteiger partial charge in [0.2, 0.25) is 5.91 Å². The molecule has 0 heterocycles. The molecule has 1 amide bonds. The van der Waals surface area contributed by atoms with Gasteiger partial charge in [0.05, 0.1) is 17.2 Å². The zero-order valence-corrected chi connectivity index (χ0v) is 11.5. The van der Waals surface area contributed by atoms with Crippen molar-refractivity contribution in [1.82, 2.24) is 0 Å². The third-order valence-corrected chi connectivity index (χ3v) is 3.36. The van der Waals surface area contributed by atoms with Crippen LogP contribution in [0.5, 0.6) is 0 Å². The van der Waals surface area contributed by atoms with E-state index in [2.05, 4.69) is 21.2 Å². The van der Waals surface area contributed by atoms with E-state index in [9.17, 15) is 18.0 Å². The first-order chi connectivity index (χ1) is 8.79. The minimum atomic E-state index is -4.63. The number of anilines is 1. The molecule has 0 saturated carbocycles. The number of hydrogen-bond acceptors (Lipinski definition) is 2. The van der Waals surface area contributed by atoms with Crippen molar-refractivity contribution >= 4 is 27.5 Å². The standard InChI is InChI=1S/C12H10BrF3N2O/c1-7(5-13)11(19)18-9-3-2-8(6-17)10(4-9)12(14,15)16/h2-4,7H,5H2,1H3,(H,18,19). The Balaban J connectivity index is 3.07. The molecule has 0 radical (unpaired) electrons. The van der Waals surface area contributed by atoms with Crippen LogP contribution in [0.4, 0.5) is 18.9 Å². The van der Waals surface area contributed by atoms with E-state index >= 15 is 0 Å². The molecule has 19 heavy (non-hydrogen) atoms. The zero-order valence-electron chi connectivity index (χ0n) is 9.88. The van der Waals surface area contributed by atoms with Gasteiger partial charge in [0.15, 0.2) is 0 Å². The Morgan fingerprint density at radius 1 is 1.53 bits per heavy atom. The molecule has 3 nitrogen and oxygen atoms in total. The Hall–Kier alpha value is -1.55. The molecule has 0 bridgehead atoms. The highest BCUT2D eigenvalue weighted by atomic mass is 79.9. The van der Waals surface area contributed by atoms with Crippen LogP contribution in [-0.4, -0.2) is 11.2 Å². The van der Waals surface area contributed by atoms with Crippen molar-refractivity contribution in [2.75, 3.05) is 10.6 Å². The zero-order chi connectivity index (χ0) is 14.6. The molecule has 0 fully saturated rings.